The molecule has 0 saturated heterocycles. The second kappa shape index (κ2) is 5.09. The Labute approximate surface area is 115 Å². The average Bonchev–Trinajstić information content (AvgIpc) is 2.64. The summed E-state index contributed by atoms with van der Waals surface area (Å²) in [5, 5.41) is 2.41. The molecule has 1 heterocycles. The molecule has 0 bridgehead atoms. The van der Waals surface area contributed by atoms with E-state index in [1.54, 1.807) is 0 Å². The van der Waals surface area contributed by atoms with Crippen molar-refractivity contribution in [1.82, 2.24) is 14.9 Å². The normalized spacial score (nSPS) is 13.1. The van der Waals surface area contributed by atoms with Crippen LogP contribution < -0.4 is 5.32 Å². The third-order valence-corrected chi connectivity index (χ3v) is 2.91. The summed E-state index contributed by atoms with van der Waals surface area (Å²) in [6, 6.07) is 7.57. The maximum absolute atomic E-state index is 12.2. The molecule has 0 unspecified atom stereocenters. The van der Waals surface area contributed by atoms with Gasteiger partial charge in [0.05, 0.1) is 24.1 Å². The highest BCUT2D eigenvalue weighted by Crippen LogP contribution is 2.25. The van der Waals surface area contributed by atoms with Gasteiger partial charge in [0.15, 0.2) is 0 Å². The minimum Gasteiger partial charge on any atom is -0.322 e. The maximum atomic E-state index is 12.2. The van der Waals surface area contributed by atoms with Crippen LogP contribution in [0.15, 0.2) is 24.3 Å². The van der Waals surface area contributed by atoms with Crippen LogP contribution in [0.4, 0.5) is 13.2 Å². The molecule has 1 aromatic heterocycles. The van der Waals surface area contributed by atoms with E-state index in [1.807, 2.05) is 49.6 Å². The van der Waals surface area contributed by atoms with Crippen LogP contribution in [0.1, 0.15) is 26.6 Å². The molecule has 0 aliphatic rings. The lowest BCUT2D eigenvalue weighted by Crippen LogP contribution is -2.31. The quantitative estimate of drug-likeness (QED) is 0.936. The standard InChI is InChI=1S/C14H18F3N3/c1-13(2,3)20-11-7-5-4-6-10(11)19-12(20)8-18-9-14(15,16)17/h4-7,18H,8-9H2,1-3H3. The number of rotatable bonds is 3. The maximum Gasteiger partial charge on any atom is 0.401 e. The Bertz CT molecular complexity index is 594. The summed E-state index contributed by atoms with van der Waals surface area (Å²) in [5.74, 6) is 0.614. The summed E-state index contributed by atoms with van der Waals surface area (Å²) >= 11 is 0. The van der Waals surface area contributed by atoms with Crippen molar-refractivity contribution in [2.45, 2.75) is 39.0 Å². The fourth-order valence-electron chi connectivity index (χ4n) is 2.26. The van der Waals surface area contributed by atoms with E-state index in [-0.39, 0.29) is 12.1 Å². The van der Waals surface area contributed by atoms with Gasteiger partial charge in [0.1, 0.15) is 5.82 Å². The molecule has 0 fully saturated rings. The molecular formula is C14H18F3N3. The van der Waals surface area contributed by atoms with Crippen molar-refractivity contribution in [2.24, 2.45) is 0 Å². The van der Waals surface area contributed by atoms with Crippen LogP contribution in [0, 0.1) is 0 Å². The van der Waals surface area contributed by atoms with E-state index in [4.69, 9.17) is 0 Å². The SMILES string of the molecule is CC(C)(C)n1c(CNCC(F)(F)F)nc2ccccc21. The fraction of sp³-hybridized carbons (Fsp3) is 0.500. The third kappa shape index (κ3) is 3.30. The first-order valence-electron chi connectivity index (χ1n) is 6.43. The molecule has 0 atom stereocenters. The Morgan fingerprint density at radius 3 is 2.40 bits per heavy atom. The first-order chi connectivity index (χ1) is 9.18. The molecule has 2 rings (SSSR count). The third-order valence-electron chi connectivity index (χ3n) is 2.91. The predicted molar refractivity (Wildman–Crippen MR) is 72.5 cm³/mol. The molecule has 1 N–H and O–H groups in total. The van der Waals surface area contributed by atoms with E-state index >= 15 is 0 Å². The number of alkyl halides is 3. The monoisotopic (exact) mass is 285 g/mol. The van der Waals surface area contributed by atoms with Crippen molar-refractivity contribution in [3.63, 3.8) is 0 Å². The van der Waals surface area contributed by atoms with E-state index in [9.17, 15) is 13.2 Å². The smallest absolute Gasteiger partial charge is 0.322 e. The Morgan fingerprint density at radius 2 is 1.80 bits per heavy atom. The van der Waals surface area contributed by atoms with E-state index < -0.39 is 12.7 Å². The molecule has 0 aliphatic carbocycles. The molecule has 0 amide bonds. The second-order valence-corrected chi connectivity index (χ2v) is 5.74. The van der Waals surface area contributed by atoms with E-state index in [1.165, 1.54) is 0 Å². The number of para-hydroxylation sites is 2. The summed E-state index contributed by atoms with van der Waals surface area (Å²) in [6.07, 6.45) is -4.21. The van der Waals surface area contributed by atoms with Crippen molar-refractivity contribution >= 4 is 11.0 Å². The second-order valence-electron chi connectivity index (χ2n) is 5.74. The van der Waals surface area contributed by atoms with Gasteiger partial charge in [-0.3, -0.25) is 0 Å². The summed E-state index contributed by atoms with van der Waals surface area (Å²) in [5.41, 5.74) is 1.49. The molecule has 0 radical (unpaired) electrons. The van der Waals surface area contributed by atoms with Gasteiger partial charge >= 0.3 is 6.18 Å². The van der Waals surface area contributed by atoms with Crippen LogP contribution in [0.5, 0.6) is 0 Å². The molecule has 6 heteroatoms. The van der Waals surface area contributed by atoms with Crippen molar-refractivity contribution < 1.29 is 13.2 Å². The molecule has 0 saturated carbocycles. The van der Waals surface area contributed by atoms with Gasteiger partial charge in [-0.2, -0.15) is 13.2 Å². The summed E-state index contributed by atoms with van der Waals surface area (Å²) in [6.45, 7) is 5.10. The highest BCUT2D eigenvalue weighted by molar-refractivity contribution is 5.76. The Kier molecular flexibility index (Phi) is 3.77. The van der Waals surface area contributed by atoms with Crippen LogP contribution in [-0.2, 0) is 12.1 Å². The number of hydrogen-bond acceptors (Lipinski definition) is 2. The van der Waals surface area contributed by atoms with Crippen LogP contribution in [0.25, 0.3) is 11.0 Å². The van der Waals surface area contributed by atoms with Crippen LogP contribution in [0.2, 0.25) is 0 Å². The lowest BCUT2D eigenvalue weighted by molar-refractivity contribution is -0.125. The molecule has 2 aromatic rings. The van der Waals surface area contributed by atoms with Gasteiger partial charge in [-0.05, 0) is 32.9 Å². The van der Waals surface area contributed by atoms with Gasteiger partial charge in [-0.1, -0.05) is 12.1 Å². The number of fused-ring (bicyclic) bond motifs is 1. The van der Waals surface area contributed by atoms with Crippen molar-refractivity contribution in [3.05, 3.63) is 30.1 Å². The van der Waals surface area contributed by atoms with E-state index in [0.717, 1.165) is 11.0 Å². The van der Waals surface area contributed by atoms with Gasteiger partial charge in [-0.15, -0.1) is 0 Å². The summed E-state index contributed by atoms with van der Waals surface area (Å²) in [4.78, 5) is 4.43. The Morgan fingerprint density at radius 1 is 1.15 bits per heavy atom. The molecular weight excluding hydrogens is 267 g/mol. The van der Waals surface area contributed by atoms with Gasteiger partial charge in [0.25, 0.3) is 0 Å². The van der Waals surface area contributed by atoms with Gasteiger partial charge < -0.3 is 9.88 Å². The van der Waals surface area contributed by atoms with Gasteiger partial charge in [0.2, 0.25) is 0 Å². The average molecular weight is 285 g/mol. The molecule has 20 heavy (non-hydrogen) atoms. The highest BCUT2D eigenvalue weighted by Gasteiger charge is 2.27. The topological polar surface area (TPSA) is 29.9 Å². The molecule has 1 aromatic carbocycles. The summed E-state index contributed by atoms with van der Waals surface area (Å²) < 4.78 is 38.6. The number of halogens is 3. The fourth-order valence-corrected chi connectivity index (χ4v) is 2.26. The zero-order valence-corrected chi connectivity index (χ0v) is 11.8. The first-order valence-corrected chi connectivity index (χ1v) is 6.43. The van der Waals surface area contributed by atoms with Gasteiger partial charge in [0, 0.05) is 5.54 Å². The molecule has 0 spiro atoms. The number of benzene rings is 1. The Hall–Kier alpha value is -1.56. The number of imidazole rings is 1. The first kappa shape index (κ1) is 14.8. The van der Waals surface area contributed by atoms with Crippen molar-refractivity contribution in [2.75, 3.05) is 6.54 Å². The molecule has 110 valence electrons. The zero-order valence-electron chi connectivity index (χ0n) is 11.8. The van der Waals surface area contributed by atoms with Crippen molar-refractivity contribution in [3.8, 4) is 0 Å². The molecule has 3 nitrogen and oxygen atoms in total. The number of nitrogens with zero attached hydrogens (tertiary/aromatic N) is 2. The number of nitrogens with one attached hydrogen (secondary N) is 1. The summed E-state index contributed by atoms with van der Waals surface area (Å²) in [7, 11) is 0. The predicted octanol–water partition coefficient (Wildman–Crippen LogP) is 3.44. The minimum atomic E-state index is -4.21. The lowest BCUT2D eigenvalue weighted by atomic mass is 10.1. The van der Waals surface area contributed by atoms with Crippen LogP contribution in [0.3, 0.4) is 0 Å². The van der Waals surface area contributed by atoms with Gasteiger partial charge in [-0.25, -0.2) is 4.98 Å². The number of aromatic nitrogens is 2. The van der Waals surface area contributed by atoms with Crippen molar-refractivity contribution in [1.29, 1.82) is 0 Å². The zero-order chi connectivity index (χ0) is 15.0. The van der Waals surface area contributed by atoms with Crippen LogP contribution >= 0.6 is 0 Å². The number of hydrogen-bond donors (Lipinski definition) is 1. The minimum absolute atomic E-state index is 0.0887. The largest absolute Gasteiger partial charge is 0.401 e. The highest BCUT2D eigenvalue weighted by atomic mass is 19.4. The van der Waals surface area contributed by atoms with Crippen LogP contribution in [-0.4, -0.2) is 22.3 Å². The van der Waals surface area contributed by atoms with E-state index in [0.29, 0.717) is 5.82 Å². The lowest BCUT2D eigenvalue weighted by Gasteiger charge is -2.25. The molecule has 0 aliphatic heterocycles. The Balaban J connectivity index is 2.32. The van der Waals surface area contributed by atoms with E-state index in [2.05, 4.69) is 10.3 Å².